The first-order chi connectivity index (χ1) is 6.09. The Morgan fingerprint density at radius 2 is 1.85 bits per heavy atom. The highest BCUT2D eigenvalue weighted by atomic mass is 14.4. The van der Waals surface area contributed by atoms with E-state index in [0.717, 1.165) is 11.8 Å². The van der Waals surface area contributed by atoms with E-state index in [2.05, 4.69) is 27.7 Å². The molecule has 0 aromatic carbocycles. The fourth-order valence-corrected chi connectivity index (χ4v) is 2.18. The molecule has 0 aromatic heterocycles. The zero-order valence-corrected chi connectivity index (χ0v) is 9.90. The van der Waals surface area contributed by atoms with Crippen LogP contribution in [-0.4, -0.2) is 0 Å². The second kappa shape index (κ2) is 4.48. The van der Waals surface area contributed by atoms with Gasteiger partial charge >= 0.3 is 0 Å². The van der Waals surface area contributed by atoms with Crippen LogP contribution in [0.5, 0.6) is 0 Å². The molecule has 78 valence electrons. The van der Waals surface area contributed by atoms with E-state index >= 15 is 0 Å². The van der Waals surface area contributed by atoms with Gasteiger partial charge in [-0.25, -0.2) is 0 Å². The van der Waals surface area contributed by atoms with Gasteiger partial charge in [0.15, 0.2) is 0 Å². The van der Waals surface area contributed by atoms with Crippen molar-refractivity contribution in [3.8, 4) is 0 Å². The van der Waals surface area contributed by atoms with Crippen LogP contribution in [0.1, 0.15) is 66.2 Å². The molecule has 0 radical (unpaired) electrons. The Bertz CT molecular complexity index is 146. The Balaban J connectivity index is 2.02. The molecule has 0 heterocycles. The topological polar surface area (TPSA) is 0 Å². The van der Waals surface area contributed by atoms with Crippen LogP contribution in [0.15, 0.2) is 0 Å². The molecule has 0 nitrogen and oxygen atoms in total. The molecule has 0 aliphatic heterocycles. The smallest absolute Gasteiger partial charge is 0.0357 e. The number of hydrogen-bond donors (Lipinski definition) is 0. The van der Waals surface area contributed by atoms with Gasteiger partial charge in [-0.15, -0.1) is 0 Å². The quantitative estimate of drug-likeness (QED) is 0.561. The van der Waals surface area contributed by atoms with Crippen molar-refractivity contribution < 1.29 is 0 Å². The molecule has 1 saturated carbocycles. The minimum Gasteiger partial charge on any atom is -0.0651 e. The van der Waals surface area contributed by atoms with Gasteiger partial charge in [0.25, 0.3) is 0 Å². The lowest BCUT2D eigenvalue weighted by Gasteiger charge is -2.22. The molecule has 1 aliphatic carbocycles. The summed E-state index contributed by atoms with van der Waals surface area (Å²) in [5.74, 6) is 2.21. The first-order valence-electron chi connectivity index (χ1n) is 6.09. The van der Waals surface area contributed by atoms with Crippen LogP contribution < -0.4 is 0 Å². The van der Waals surface area contributed by atoms with Crippen molar-refractivity contribution in [2.75, 3.05) is 0 Å². The predicted octanol–water partition coefficient (Wildman–Crippen LogP) is 4.64. The molecule has 0 N–H and O–H groups in total. The summed E-state index contributed by atoms with van der Waals surface area (Å²) >= 11 is 0. The van der Waals surface area contributed by atoms with E-state index in [1.807, 2.05) is 0 Å². The van der Waals surface area contributed by atoms with Crippen molar-refractivity contribution in [2.24, 2.45) is 17.3 Å². The molecular weight excluding hydrogens is 156 g/mol. The van der Waals surface area contributed by atoms with Crippen LogP contribution in [0.4, 0.5) is 0 Å². The van der Waals surface area contributed by atoms with E-state index in [-0.39, 0.29) is 0 Å². The molecule has 0 saturated heterocycles. The Morgan fingerprint density at radius 1 is 1.15 bits per heavy atom. The third-order valence-electron chi connectivity index (χ3n) is 3.98. The Labute approximate surface area is 84.1 Å². The molecule has 0 bridgehead atoms. The minimum atomic E-state index is 0.594. The normalized spacial score (nSPS) is 27.7. The molecule has 0 amide bonds. The van der Waals surface area contributed by atoms with E-state index < -0.39 is 0 Å². The molecule has 1 aliphatic rings. The molecule has 2 atom stereocenters. The fraction of sp³-hybridized carbons (Fsp3) is 1.00. The van der Waals surface area contributed by atoms with Crippen molar-refractivity contribution in [1.82, 2.24) is 0 Å². The fourth-order valence-electron chi connectivity index (χ4n) is 2.18. The standard InChI is InChI=1S/C13H26/c1-5-11-10-12(11)8-7-9-13(3,4)6-2/h11-12H,5-10H2,1-4H3. The average molecular weight is 182 g/mol. The van der Waals surface area contributed by atoms with E-state index in [9.17, 15) is 0 Å². The van der Waals surface area contributed by atoms with Gasteiger partial charge in [0.05, 0.1) is 0 Å². The summed E-state index contributed by atoms with van der Waals surface area (Å²) in [4.78, 5) is 0. The largest absolute Gasteiger partial charge is 0.0651 e. The maximum Gasteiger partial charge on any atom is -0.0357 e. The van der Waals surface area contributed by atoms with Gasteiger partial charge in [-0.2, -0.15) is 0 Å². The van der Waals surface area contributed by atoms with E-state index in [1.54, 1.807) is 0 Å². The van der Waals surface area contributed by atoms with Crippen molar-refractivity contribution in [2.45, 2.75) is 66.2 Å². The van der Waals surface area contributed by atoms with Gasteiger partial charge in [-0.05, 0) is 30.1 Å². The van der Waals surface area contributed by atoms with Gasteiger partial charge in [0.2, 0.25) is 0 Å². The molecule has 13 heavy (non-hydrogen) atoms. The molecular formula is C13H26. The first-order valence-corrected chi connectivity index (χ1v) is 6.09. The molecule has 0 heteroatoms. The lowest BCUT2D eigenvalue weighted by molar-refractivity contribution is 0.305. The highest BCUT2D eigenvalue weighted by Gasteiger charge is 2.34. The Hall–Kier alpha value is 0. The van der Waals surface area contributed by atoms with Crippen LogP contribution in [0.3, 0.4) is 0 Å². The highest BCUT2D eigenvalue weighted by Crippen LogP contribution is 2.45. The Kier molecular flexibility index (Phi) is 3.82. The summed E-state index contributed by atoms with van der Waals surface area (Å²) < 4.78 is 0. The van der Waals surface area contributed by atoms with Crippen LogP contribution in [0, 0.1) is 17.3 Å². The minimum absolute atomic E-state index is 0.594. The zero-order chi connectivity index (χ0) is 9.90. The molecule has 0 spiro atoms. The van der Waals surface area contributed by atoms with Crippen LogP contribution in [0.2, 0.25) is 0 Å². The lowest BCUT2D eigenvalue weighted by Crippen LogP contribution is -2.09. The van der Waals surface area contributed by atoms with Crippen LogP contribution >= 0.6 is 0 Å². The van der Waals surface area contributed by atoms with Gasteiger partial charge in [-0.3, -0.25) is 0 Å². The lowest BCUT2D eigenvalue weighted by atomic mass is 9.84. The van der Waals surface area contributed by atoms with Crippen molar-refractivity contribution >= 4 is 0 Å². The third-order valence-corrected chi connectivity index (χ3v) is 3.98. The summed E-state index contributed by atoms with van der Waals surface area (Å²) in [6, 6.07) is 0. The average Bonchev–Trinajstić information content (AvgIpc) is 2.83. The summed E-state index contributed by atoms with van der Waals surface area (Å²) in [6.07, 6.45) is 8.67. The summed E-state index contributed by atoms with van der Waals surface area (Å²) in [6.45, 7) is 9.45. The van der Waals surface area contributed by atoms with Gasteiger partial charge in [0.1, 0.15) is 0 Å². The van der Waals surface area contributed by atoms with Crippen molar-refractivity contribution in [3.63, 3.8) is 0 Å². The summed E-state index contributed by atoms with van der Waals surface area (Å²) in [5.41, 5.74) is 0.594. The van der Waals surface area contributed by atoms with E-state index in [1.165, 1.54) is 38.5 Å². The van der Waals surface area contributed by atoms with Gasteiger partial charge in [-0.1, -0.05) is 53.4 Å². The van der Waals surface area contributed by atoms with Crippen LogP contribution in [-0.2, 0) is 0 Å². The summed E-state index contributed by atoms with van der Waals surface area (Å²) in [7, 11) is 0. The molecule has 1 fully saturated rings. The summed E-state index contributed by atoms with van der Waals surface area (Å²) in [5, 5.41) is 0. The van der Waals surface area contributed by atoms with E-state index in [4.69, 9.17) is 0 Å². The predicted molar refractivity (Wildman–Crippen MR) is 59.8 cm³/mol. The maximum absolute atomic E-state index is 2.40. The van der Waals surface area contributed by atoms with Crippen molar-refractivity contribution in [3.05, 3.63) is 0 Å². The monoisotopic (exact) mass is 182 g/mol. The number of rotatable bonds is 6. The van der Waals surface area contributed by atoms with Gasteiger partial charge < -0.3 is 0 Å². The second-order valence-corrected chi connectivity index (χ2v) is 5.57. The zero-order valence-electron chi connectivity index (χ0n) is 9.90. The highest BCUT2D eigenvalue weighted by molar-refractivity contribution is 4.85. The third kappa shape index (κ3) is 3.70. The SMILES string of the molecule is CCC1CC1CCCC(C)(C)CC. The van der Waals surface area contributed by atoms with Crippen molar-refractivity contribution in [1.29, 1.82) is 0 Å². The van der Waals surface area contributed by atoms with Crippen LogP contribution in [0.25, 0.3) is 0 Å². The first kappa shape index (κ1) is 11.1. The van der Waals surface area contributed by atoms with Gasteiger partial charge in [0, 0.05) is 0 Å². The van der Waals surface area contributed by atoms with E-state index in [0.29, 0.717) is 5.41 Å². The molecule has 0 aromatic rings. The maximum atomic E-state index is 2.40. The molecule has 2 unspecified atom stereocenters. The second-order valence-electron chi connectivity index (χ2n) is 5.57. The number of hydrogen-bond acceptors (Lipinski definition) is 0. The Morgan fingerprint density at radius 3 is 2.31 bits per heavy atom. The molecule has 1 rings (SSSR count).